The number of furan rings is 1. The summed E-state index contributed by atoms with van der Waals surface area (Å²) in [5.74, 6) is -1.24. The summed E-state index contributed by atoms with van der Waals surface area (Å²) in [5.41, 5.74) is 6.47. The molecular formula is C18H20N2O5S. The second-order valence-corrected chi connectivity index (χ2v) is 6.41. The third-order valence-corrected chi connectivity index (χ3v) is 4.54. The summed E-state index contributed by atoms with van der Waals surface area (Å²) in [4.78, 5) is 37.1. The molecule has 0 saturated carbocycles. The number of anilines is 2. The van der Waals surface area contributed by atoms with E-state index in [1.165, 1.54) is 18.7 Å². The number of para-hydroxylation sites is 1. The van der Waals surface area contributed by atoms with E-state index in [4.69, 9.17) is 14.9 Å². The molecule has 7 nitrogen and oxygen atoms in total. The third-order valence-electron chi connectivity index (χ3n) is 3.45. The molecule has 2 rings (SSSR count). The van der Waals surface area contributed by atoms with E-state index in [1.54, 1.807) is 26.0 Å². The number of carbonyl (C=O) groups is 3. The standard InChI is InChI=1S/C18H20N2O5S/c1-4-24-18(23)16-15(10(2)21)11(3)25-17(16)20-14(22)9-26-13-8-6-5-7-12(13)19/h5-8H,4,9,19H2,1-3H3,(H,20,22). The lowest BCUT2D eigenvalue weighted by Crippen LogP contribution is -2.17. The van der Waals surface area contributed by atoms with Crippen molar-refractivity contribution in [3.8, 4) is 0 Å². The highest BCUT2D eigenvalue weighted by Gasteiger charge is 2.28. The van der Waals surface area contributed by atoms with Crippen LogP contribution in [0.5, 0.6) is 0 Å². The van der Waals surface area contributed by atoms with Gasteiger partial charge in [-0.15, -0.1) is 11.8 Å². The number of amides is 1. The van der Waals surface area contributed by atoms with Crippen molar-refractivity contribution in [2.75, 3.05) is 23.4 Å². The number of thioether (sulfide) groups is 1. The molecule has 0 aliphatic rings. The largest absolute Gasteiger partial charge is 0.462 e. The molecule has 0 radical (unpaired) electrons. The van der Waals surface area contributed by atoms with Crippen LogP contribution in [0.4, 0.5) is 11.6 Å². The normalized spacial score (nSPS) is 10.4. The van der Waals surface area contributed by atoms with E-state index in [0.717, 1.165) is 4.90 Å². The number of ketones is 1. The van der Waals surface area contributed by atoms with Gasteiger partial charge in [0.25, 0.3) is 0 Å². The van der Waals surface area contributed by atoms with E-state index in [-0.39, 0.29) is 40.9 Å². The van der Waals surface area contributed by atoms with Crippen LogP contribution in [0.25, 0.3) is 0 Å². The predicted molar refractivity (Wildman–Crippen MR) is 99.6 cm³/mol. The Balaban J connectivity index is 2.19. The van der Waals surface area contributed by atoms with E-state index >= 15 is 0 Å². The highest BCUT2D eigenvalue weighted by Crippen LogP contribution is 2.29. The molecule has 8 heteroatoms. The van der Waals surface area contributed by atoms with Crippen LogP contribution in [-0.2, 0) is 9.53 Å². The summed E-state index contributed by atoms with van der Waals surface area (Å²) in [6.07, 6.45) is 0. The van der Waals surface area contributed by atoms with Gasteiger partial charge in [-0.3, -0.25) is 14.9 Å². The lowest BCUT2D eigenvalue weighted by Gasteiger charge is -2.07. The first-order valence-electron chi connectivity index (χ1n) is 7.93. The van der Waals surface area contributed by atoms with E-state index in [0.29, 0.717) is 5.69 Å². The van der Waals surface area contributed by atoms with Crippen molar-refractivity contribution in [3.63, 3.8) is 0 Å². The fourth-order valence-corrected chi connectivity index (χ4v) is 3.14. The smallest absolute Gasteiger partial charge is 0.344 e. The molecule has 0 fully saturated rings. The van der Waals surface area contributed by atoms with Crippen molar-refractivity contribution in [2.24, 2.45) is 0 Å². The van der Waals surface area contributed by atoms with E-state index in [2.05, 4.69) is 5.32 Å². The Hall–Kier alpha value is -2.74. The van der Waals surface area contributed by atoms with Crippen LogP contribution in [0.2, 0.25) is 0 Å². The Kier molecular flexibility index (Phi) is 6.46. The van der Waals surface area contributed by atoms with Crippen molar-refractivity contribution in [2.45, 2.75) is 25.7 Å². The summed E-state index contributed by atoms with van der Waals surface area (Å²) in [6, 6.07) is 7.18. The number of nitrogens with one attached hydrogen (secondary N) is 1. The minimum absolute atomic E-state index is 0.0607. The van der Waals surface area contributed by atoms with Gasteiger partial charge < -0.3 is 14.9 Å². The summed E-state index contributed by atoms with van der Waals surface area (Å²) in [6.45, 7) is 4.66. The Bertz CT molecular complexity index is 844. The van der Waals surface area contributed by atoms with Crippen LogP contribution in [0, 0.1) is 6.92 Å². The van der Waals surface area contributed by atoms with Crippen LogP contribution in [0.3, 0.4) is 0 Å². The molecular weight excluding hydrogens is 356 g/mol. The van der Waals surface area contributed by atoms with Gasteiger partial charge >= 0.3 is 5.97 Å². The number of rotatable bonds is 7. The van der Waals surface area contributed by atoms with Gasteiger partial charge in [0.15, 0.2) is 5.78 Å². The maximum atomic E-state index is 12.3. The monoisotopic (exact) mass is 376 g/mol. The molecule has 0 atom stereocenters. The van der Waals surface area contributed by atoms with E-state index < -0.39 is 11.9 Å². The molecule has 1 heterocycles. The van der Waals surface area contributed by atoms with Gasteiger partial charge in [-0.05, 0) is 32.9 Å². The van der Waals surface area contributed by atoms with Crippen LogP contribution in [0.15, 0.2) is 33.6 Å². The van der Waals surface area contributed by atoms with Crippen LogP contribution in [0.1, 0.15) is 40.3 Å². The minimum Gasteiger partial charge on any atom is -0.462 e. The van der Waals surface area contributed by atoms with E-state index in [1.807, 2.05) is 12.1 Å². The molecule has 0 aliphatic heterocycles. The van der Waals surface area contributed by atoms with Crippen LogP contribution < -0.4 is 11.1 Å². The number of ether oxygens (including phenoxy) is 1. The summed E-state index contributed by atoms with van der Waals surface area (Å²) >= 11 is 1.25. The highest BCUT2D eigenvalue weighted by atomic mass is 32.2. The average molecular weight is 376 g/mol. The first kappa shape index (κ1) is 19.6. The van der Waals surface area contributed by atoms with Gasteiger partial charge in [-0.25, -0.2) is 4.79 Å². The quantitative estimate of drug-likeness (QED) is 0.330. The predicted octanol–water partition coefficient (Wildman–Crippen LogP) is 3.28. The number of nitrogens with two attached hydrogens (primary N) is 1. The van der Waals surface area contributed by atoms with Gasteiger partial charge in [0, 0.05) is 10.6 Å². The average Bonchev–Trinajstić information content (AvgIpc) is 2.90. The molecule has 0 spiro atoms. The lowest BCUT2D eigenvalue weighted by molar-refractivity contribution is -0.113. The van der Waals surface area contributed by atoms with Crippen molar-refractivity contribution in [1.82, 2.24) is 0 Å². The van der Waals surface area contributed by atoms with Crippen molar-refractivity contribution >= 4 is 41.0 Å². The molecule has 138 valence electrons. The first-order valence-corrected chi connectivity index (χ1v) is 8.92. The molecule has 0 bridgehead atoms. The molecule has 1 aromatic heterocycles. The molecule has 2 aromatic rings. The molecule has 0 saturated heterocycles. The van der Waals surface area contributed by atoms with Crippen LogP contribution in [-0.4, -0.2) is 30.0 Å². The van der Waals surface area contributed by atoms with Crippen LogP contribution >= 0.6 is 11.8 Å². The summed E-state index contributed by atoms with van der Waals surface area (Å²) in [5, 5.41) is 2.54. The second kappa shape index (κ2) is 8.57. The molecule has 0 aliphatic carbocycles. The lowest BCUT2D eigenvalue weighted by atomic mass is 10.1. The molecule has 0 unspecified atom stereocenters. The van der Waals surface area contributed by atoms with Gasteiger partial charge in [0.1, 0.15) is 11.3 Å². The SMILES string of the molecule is CCOC(=O)c1c(NC(=O)CSc2ccccc2N)oc(C)c1C(C)=O. The maximum absolute atomic E-state index is 12.3. The highest BCUT2D eigenvalue weighted by molar-refractivity contribution is 8.00. The number of Topliss-reactive ketones (excluding diaryl/α,β-unsaturated/α-hetero) is 1. The summed E-state index contributed by atoms with van der Waals surface area (Å²) in [7, 11) is 0. The summed E-state index contributed by atoms with van der Waals surface area (Å²) < 4.78 is 10.4. The zero-order valence-electron chi connectivity index (χ0n) is 14.8. The van der Waals surface area contributed by atoms with Gasteiger partial charge in [0.2, 0.25) is 11.8 Å². The zero-order chi connectivity index (χ0) is 19.3. The maximum Gasteiger partial charge on any atom is 0.344 e. The Labute approximate surface area is 155 Å². The van der Waals surface area contributed by atoms with E-state index in [9.17, 15) is 14.4 Å². The second-order valence-electron chi connectivity index (χ2n) is 5.39. The molecule has 26 heavy (non-hydrogen) atoms. The van der Waals surface area contributed by atoms with Crippen molar-refractivity contribution in [1.29, 1.82) is 0 Å². The number of esters is 1. The molecule has 3 N–H and O–H groups in total. The van der Waals surface area contributed by atoms with Crippen molar-refractivity contribution in [3.05, 3.63) is 41.2 Å². The fraction of sp³-hybridized carbons (Fsp3) is 0.278. The number of carbonyl (C=O) groups excluding carboxylic acids is 3. The van der Waals surface area contributed by atoms with Crippen molar-refractivity contribution < 1.29 is 23.5 Å². The third kappa shape index (κ3) is 4.45. The number of aryl methyl sites for hydroxylation is 1. The zero-order valence-corrected chi connectivity index (χ0v) is 15.6. The van der Waals surface area contributed by atoms with Gasteiger partial charge in [0.05, 0.1) is 17.9 Å². The number of hydrogen-bond donors (Lipinski definition) is 2. The minimum atomic E-state index is -0.718. The Morgan fingerprint density at radius 1 is 1.23 bits per heavy atom. The number of hydrogen-bond acceptors (Lipinski definition) is 7. The number of benzene rings is 1. The number of nitrogen functional groups attached to an aromatic ring is 1. The first-order chi connectivity index (χ1) is 12.3. The fourth-order valence-electron chi connectivity index (χ4n) is 2.37. The van der Waals surface area contributed by atoms with Gasteiger partial charge in [-0.1, -0.05) is 12.1 Å². The topological polar surface area (TPSA) is 112 Å². The molecule has 1 aromatic carbocycles. The molecule has 1 amide bonds. The van der Waals surface area contributed by atoms with Gasteiger partial charge in [-0.2, -0.15) is 0 Å². The Morgan fingerprint density at radius 2 is 1.92 bits per heavy atom. The Morgan fingerprint density at radius 3 is 2.54 bits per heavy atom.